The van der Waals surface area contributed by atoms with Crippen molar-refractivity contribution in [3.05, 3.63) is 22.8 Å². The quantitative estimate of drug-likeness (QED) is 0.562. The van der Waals surface area contributed by atoms with Gasteiger partial charge < -0.3 is 9.47 Å². The summed E-state index contributed by atoms with van der Waals surface area (Å²) >= 11 is 0. The smallest absolute Gasteiger partial charge is 0.334 e. The molecule has 136 valence electrons. The lowest BCUT2D eigenvalue weighted by atomic mass is 9.45. The topological polar surface area (TPSA) is 52.6 Å². The monoisotopic (exact) mass is 344 g/mol. The average Bonchev–Trinajstić information content (AvgIpc) is 2.83. The van der Waals surface area contributed by atoms with Gasteiger partial charge in [-0.15, -0.1) is 0 Å². The Morgan fingerprint density at radius 1 is 1.28 bits per heavy atom. The fraction of sp³-hybridized carbons (Fsp3) is 0.714. The third-order valence-corrected chi connectivity index (χ3v) is 7.78. The summed E-state index contributed by atoms with van der Waals surface area (Å²) in [7, 11) is 0. The lowest BCUT2D eigenvalue weighted by molar-refractivity contribution is -0.165. The van der Waals surface area contributed by atoms with Crippen molar-refractivity contribution in [2.75, 3.05) is 0 Å². The maximum Gasteiger partial charge on any atom is 0.334 e. The highest BCUT2D eigenvalue weighted by Gasteiger charge is 2.58. The van der Waals surface area contributed by atoms with Gasteiger partial charge in [0.2, 0.25) is 0 Å². The highest BCUT2D eigenvalue weighted by molar-refractivity contribution is 5.92. The molecule has 4 aliphatic rings. The van der Waals surface area contributed by atoms with Gasteiger partial charge >= 0.3 is 5.97 Å². The van der Waals surface area contributed by atoms with E-state index in [1.165, 1.54) is 5.57 Å². The van der Waals surface area contributed by atoms with Crippen LogP contribution >= 0.6 is 0 Å². The number of rotatable bonds is 2. The van der Waals surface area contributed by atoms with E-state index in [4.69, 9.17) is 9.47 Å². The maximum absolute atomic E-state index is 12.0. The molecule has 2 saturated carbocycles. The SMILES string of the molecule is CC1=C2C=C3CC[C@@H]4C(C)(C)[C@H](OC=O)CC[C@@]4(C)[C@@H]3C[C@H]2OC1=O. The summed E-state index contributed by atoms with van der Waals surface area (Å²) < 4.78 is 11.1. The average molecular weight is 344 g/mol. The molecule has 0 amide bonds. The molecule has 0 saturated heterocycles. The maximum atomic E-state index is 12.0. The van der Waals surface area contributed by atoms with Crippen LogP contribution in [-0.2, 0) is 19.1 Å². The van der Waals surface area contributed by atoms with E-state index < -0.39 is 0 Å². The van der Waals surface area contributed by atoms with Gasteiger partial charge in [0.15, 0.2) is 0 Å². The van der Waals surface area contributed by atoms with Crippen molar-refractivity contribution >= 4 is 12.4 Å². The molecular formula is C21H28O4. The first-order valence-electron chi connectivity index (χ1n) is 9.50. The van der Waals surface area contributed by atoms with E-state index in [1.807, 2.05) is 6.92 Å². The van der Waals surface area contributed by atoms with Crippen molar-refractivity contribution in [1.82, 2.24) is 0 Å². The number of esters is 1. The Bertz CT molecular complexity index is 686. The third-order valence-electron chi connectivity index (χ3n) is 7.78. The van der Waals surface area contributed by atoms with Crippen molar-refractivity contribution in [2.45, 2.75) is 72.0 Å². The number of hydrogen-bond acceptors (Lipinski definition) is 4. The molecule has 0 N–H and O–H groups in total. The van der Waals surface area contributed by atoms with Crippen molar-refractivity contribution in [2.24, 2.45) is 22.7 Å². The van der Waals surface area contributed by atoms with Gasteiger partial charge in [0.25, 0.3) is 6.47 Å². The Morgan fingerprint density at radius 2 is 2.04 bits per heavy atom. The van der Waals surface area contributed by atoms with Crippen LogP contribution in [0.3, 0.4) is 0 Å². The normalized spacial score (nSPS) is 41.9. The Kier molecular flexibility index (Phi) is 3.68. The molecule has 25 heavy (non-hydrogen) atoms. The summed E-state index contributed by atoms with van der Waals surface area (Å²) in [6.07, 6.45) is 7.27. The first kappa shape index (κ1) is 16.9. The summed E-state index contributed by atoms with van der Waals surface area (Å²) in [5.74, 6) is 0.806. The first-order valence-corrected chi connectivity index (χ1v) is 9.50. The van der Waals surface area contributed by atoms with Crippen LogP contribution in [0.5, 0.6) is 0 Å². The first-order chi connectivity index (χ1) is 11.8. The van der Waals surface area contributed by atoms with E-state index in [2.05, 4.69) is 26.8 Å². The van der Waals surface area contributed by atoms with E-state index in [9.17, 15) is 9.59 Å². The minimum Gasteiger partial charge on any atom is -0.464 e. The molecule has 3 aliphatic carbocycles. The Morgan fingerprint density at radius 3 is 2.76 bits per heavy atom. The third kappa shape index (κ3) is 2.25. The molecule has 0 spiro atoms. The van der Waals surface area contributed by atoms with Gasteiger partial charge in [-0.05, 0) is 56.3 Å². The molecule has 1 aliphatic heterocycles. The van der Waals surface area contributed by atoms with E-state index >= 15 is 0 Å². The van der Waals surface area contributed by atoms with Gasteiger partial charge in [0, 0.05) is 16.6 Å². The number of allylic oxidation sites excluding steroid dienone is 1. The number of fused-ring (bicyclic) bond motifs is 4. The predicted octanol–water partition coefficient (Wildman–Crippen LogP) is 3.95. The summed E-state index contributed by atoms with van der Waals surface area (Å²) in [6, 6.07) is 0. The van der Waals surface area contributed by atoms with E-state index in [-0.39, 0.29) is 29.0 Å². The van der Waals surface area contributed by atoms with Gasteiger partial charge in [0.05, 0.1) is 0 Å². The fourth-order valence-electron chi connectivity index (χ4n) is 6.42. The van der Waals surface area contributed by atoms with Gasteiger partial charge in [-0.3, -0.25) is 4.79 Å². The fourth-order valence-corrected chi connectivity index (χ4v) is 6.42. The Labute approximate surface area is 149 Å². The summed E-state index contributed by atoms with van der Waals surface area (Å²) in [4.78, 5) is 22.9. The van der Waals surface area contributed by atoms with Crippen LogP contribution in [-0.4, -0.2) is 24.6 Å². The van der Waals surface area contributed by atoms with Gasteiger partial charge in [-0.25, -0.2) is 4.79 Å². The number of hydrogen-bond donors (Lipinski definition) is 0. The van der Waals surface area contributed by atoms with Gasteiger partial charge in [0.1, 0.15) is 12.2 Å². The number of carbonyl (C=O) groups is 2. The van der Waals surface area contributed by atoms with Crippen LogP contribution in [0, 0.1) is 22.7 Å². The summed E-state index contributed by atoms with van der Waals surface area (Å²) in [6.45, 7) is 9.42. The molecule has 0 unspecified atom stereocenters. The van der Waals surface area contributed by atoms with Gasteiger partial charge in [-0.2, -0.15) is 0 Å². The van der Waals surface area contributed by atoms with Crippen LogP contribution in [0.15, 0.2) is 22.8 Å². The molecule has 1 heterocycles. The van der Waals surface area contributed by atoms with Crippen LogP contribution in [0.2, 0.25) is 0 Å². The van der Waals surface area contributed by atoms with Crippen LogP contribution < -0.4 is 0 Å². The second kappa shape index (κ2) is 5.46. The second-order valence-electron chi connectivity index (χ2n) is 9.16. The van der Waals surface area contributed by atoms with Crippen molar-refractivity contribution in [3.63, 3.8) is 0 Å². The molecule has 0 aromatic heterocycles. The molecule has 0 radical (unpaired) electrons. The molecule has 4 heteroatoms. The van der Waals surface area contributed by atoms with Crippen molar-refractivity contribution in [1.29, 1.82) is 0 Å². The lowest BCUT2D eigenvalue weighted by Gasteiger charge is -2.60. The minimum absolute atomic E-state index is 0.000736. The second-order valence-corrected chi connectivity index (χ2v) is 9.16. The molecule has 2 fully saturated rings. The summed E-state index contributed by atoms with van der Waals surface area (Å²) in [5, 5.41) is 0. The molecule has 4 nitrogen and oxygen atoms in total. The van der Waals surface area contributed by atoms with Crippen LogP contribution in [0.4, 0.5) is 0 Å². The number of ether oxygens (including phenoxy) is 2. The lowest BCUT2D eigenvalue weighted by Crippen LogP contribution is -2.56. The summed E-state index contributed by atoms with van der Waals surface area (Å²) in [5.41, 5.74) is 3.53. The highest BCUT2D eigenvalue weighted by Crippen LogP contribution is 2.63. The zero-order valence-electron chi connectivity index (χ0n) is 15.6. The standard InChI is InChI=1S/C21H28O4/c1-12-14-9-13-5-6-17-20(2,3)18(24-11-22)7-8-21(17,4)15(13)10-16(14)25-19(12)23/h9,11,15-18H,5-8,10H2,1-4H3/t15-,16-,17-,18-,21+/m1/s1. The van der Waals surface area contributed by atoms with Crippen LogP contribution in [0.25, 0.3) is 0 Å². The molecule has 0 bridgehead atoms. The zero-order valence-corrected chi connectivity index (χ0v) is 15.6. The molecule has 0 aromatic carbocycles. The molecule has 4 rings (SSSR count). The Hall–Kier alpha value is -1.58. The zero-order chi connectivity index (χ0) is 18.0. The van der Waals surface area contributed by atoms with E-state index in [1.54, 1.807) is 0 Å². The van der Waals surface area contributed by atoms with Crippen LogP contribution in [0.1, 0.15) is 59.8 Å². The molecule has 5 atom stereocenters. The highest BCUT2D eigenvalue weighted by atomic mass is 16.5. The minimum atomic E-state index is -0.152. The Balaban J connectivity index is 1.69. The predicted molar refractivity (Wildman–Crippen MR) is 93.6 cm³/mol. The van der Waals surface area contributed by atoms with Crippen molar-refractivity contribution in [3.8, 4) is 0 Å². The van der Waals surface area contributed by atoms with Crippen molar-refractivity contribution < 1.29 is 19.1 Å². The van der Waals surface area contributed by atoms with E-state index in [0.717, 1.165) is 43.3 Å². The van der Waals surface area contributed by atoms with E-state index in [0.29, 0.717) is 18.3 Å². The largest absolute Gasteiger partial charge is 0.464 e. The molecule has 0 aromatic rings. The number of carbonyl (C=O) groups excluding carboxylic acids is 2. The molecular weight excluding hydrogens is 316 g/mol. The van der Waals surface area contributed by atoms with Gasteiger partial charge in [-0.1, -0.05) is 32.4 Å².